The molecule has 0 spiro atoms. The van der Waals surface area contributed by atoms with Crippen LogP contribution in [0.4, 0.5) is 4.39 Å². The number of carbonyl (C=O) groups excluding carboxylic acids is 1. The van der Waals surface area contributed by atoms with Gasteiger partial charge in [-0.05, 0) is 35.0 Å². The minimum absolute atomic E-state index is 0.371. The third-order valence-electron chi connectivity index (χ3n) is 3.77. The second-order valence-corrected chi connectivity index (χ2v) is 5.05. The van der Waals surface area contributed by atoms with Gasteiger partial charge in [-0.2, -0.15) is 0 Å². The van der Waals surface area contributed by atoms with Crippen LogP contribution in [0.15, 0.2) is 54.6 Å². The first-order valence-corrected chi connectivity index (χ1v) is 7.09. The average Bonchev–Trinajstić information content (AvgIpc) is 2.60. The Hall–Kier alpha value is -2.88. The number of ether oxygens (including phenoxy) is 2. The second kappa shape index (κ2) is 6.08. The van der Waals surface area contributed by atoms with E-state index in [1.165, 1.54) is 13.2 Å². The van der Waals surface area contributed by atoms with Crippen molar-refractivity contribution < 1.29 is 18.7 Å². The van der Waals surface area contributed by atoms with Crippen molar-refractivity contribution in [2.75, 3.05) is 14.2 Å². The molecule has 116 valence electrons. The third kappa shape index (κ3) is 2.63. The molecular weight excluding hydrogens is 295 g/mol. The van der Waals surface area contributed by atoms with Gasteiger partial charge in [-0.3, -0.25) is 0 Å². The Labute approximate surface area is 133 Å². The fourth-order valence-electron chi connectivity index (χ4n) is 2.66. The zero-order chi connectivity index (χ0) is 16.4. The summed E-state index contributed by atoms with van der Waals surface area (Å²) >= 11 is 0. The van der Waals surface area contributed by atoms with Crippen LogP contribution in [0.25, 0.3) is 21.9 Å². The largest absolute Gasteiger partial charge is 0.496 e. The summed E-state index contributed by atoms with van der Waals surface area (Å²) < 4.78 is 24.7. The summed E-state index contributed by atoms with van der Waals surface area (Å²) in [6, 6.07) is 15.4. The lowest BCUT2D eigenvalue weighted by atomic mass is 9.95. The van der Waals surface area contributed by atoms with Gasteiger partial charge in [0, 0.05) is 11.1 Å². The Morgan fingerprint density at radius 3 is 2.48 bits per heavy atom. The van der Waals surface area contributed by atoms with Gasteiger partial charge >= 0.3 is 5.97 Å². The van der Waals surface area contributed by atoms with Crippen LogP contribution in [-0.4, -0.2) is 20.2 Å². The van der Waals surface area contributed by atoms with Crippen molar-refractivity contribution in [1.29, 1.82) is 0 Å². The second-order valence-electron chi connectivity index (χ2n) is 5.05. The van der Waals surface area contributed by atoms with Crippen LogP contribution in [0.2, 0.25) is 0 Å². The maximum atomic E-state index is 14.6. The smallest absolute Gasteiger partial charge is 0.337 e. The number of esters is 1. The Morgan fingerprint density at radius 1 is 1.00 bits per heavy atom. The topological polar surface area (TPSA) is 35.5 Å². The van der Waals surface area contributed by atoms with Gasteiger partial charge in [0.05, 0.1) is 19.8 Å². The first-order valence-electron chi connectivity index (χ1n) is 7.09. The molecule has 0 fully saturated rings. The van der Waals surface area contributed by atoms with E-state index in [-0.39, 0.29) is 5.82 Å². The molecular formula is C19H15FO3. The molecule has 0 aliphatic rings. The number of halogens is 1. The summed E-state index contributed by atoms with van der Waals surface area (Å²) in [5, 5.41) is 1.47. The van der Waals surface area contributed by atoms with Gasteiger partial charge in [-0.15, -0.1) is 0 Å². The van der Waals surface area contributed by atoms with Crippen LogP contribution in [0.1, 0.15) is 10.4 Å². The maximum Gasteiger partial charge on any atom is 0.337 e. The van der Waals surface area contributed by atoms with Crippen LogP contribution in [0.3, 0.4) is 0 Å². The first kappa shape index (κ1) is 15.0. The lowest BCUT2D eigenvalue weighted by Crippen LogP contribution is -2.01. The molecule has 0 saturated carbocycles. The van der Waals surface area contributed by atoms with E-state index in [0.29, 0.717) is 27.8 Å². The van der Waals surface area contributed by atoms with Crippen LogP contribution >= 0.6 is 0 Å². The molecule has 0 aromatic heterocycles. The highest BCUT2D eigenvalue weighted by Gasteiger charge is 2.16. The molecule has 0 heterocycles. The van der Waals surface area contributed by atoms with Crippen molar-refractivity contribution in [2.45, 2.75) is 0 Å². The monoisotopic (exact) mass is 310 g/mol. The summed E-state index contributed by atoms with van der Waals surface area (Å²) in [5.41, 5.74) is 1.42. The van der Waals surface area contributed by atoms with Gasteiger partial charge < -0.3 is 9.47 Å². The third-order valence-corrected chi connectivity index (χ3v) is 3.77. The molecule has 0 saturated heterocycles. The highest BCUT2D eigenvalue weighted by molar-refractivity contribution is 6.02. The van der Waals surface area contributed by atoms with Crippen molar-refractivity contribution in [2.24, 2.45) is 0 Å². The molecule has 4 heteroatoms. The van der Waals surface area contributed by atoms with Gasteiger partial charge in [0.1, 0.15) is 11.6 Å². The zero-order valence-electron chi connectivity index (χ0n) is 12.8. The van der Waals surface area contributed by atoms with E-state index >= 15 is 0 Å². The molecule has 3 aromatic carbocycles. The summed E-state index contributed by atoms with van der Waals surface area (Å²) in [6.45, 7) is 0. The Balaban J connectivity index is 2.34. The quantitative estimate of drug-likeness (QED) is 0.671. The van der Waals surface area contributed by atoms with Gasteiger partial charge in [-0.25, -0.2) is 9.18 Å². The molecule has 0 N–H and O–H groups in total. The number of methoxy groups -OCH3 is 2. The van der Waals surface area contributed by atoms with Crippen LogP contribution in [0, 0.1) is 5.82 Å². The predicted molar refractivity (Wildman–Crippen MR) is 87.2 cm³/mol. The molecule has 0 unspecified atom stereocenters. The lowest BCUT2D eigenvalue weighted by Gasteiger charge is -2.13. The van der Waals surface area contributed by atoms with E-state index in [4.69, 9.17) is 9.47 Å². The molecule has 0 radical (unpaired) electrons. The maximum absolute atomic E-state index is 14.6. The number of para-hydroxylation sites is 1. The van der Waals surface area contributed by atoms with Crippen molar-refractivity contribution in [1.82, 2.24) is 0 Å². The Kier molecular flexibility index (Phi) is 3.98. The number of hydrogen-bond donors (Lipinski definition) is 0. The fraction of sp³-hybridized carbons (Fsp3) is 0.105. The van der Waals surface area contributed by atoms with Crippen molar-refractivity contribution in [3.63, 3.8) is 0 Å². The number of hydrogen-bond acceptors (Lipinski definition) is 3. The summed E-state index contributed by atoms with van der Waals surface area (Å²) in [6.07, 6.45) is 0. The molecule has 0 bridgehead atoms. The first-order chi connectivity index (χ1) is 11.2. The van der Waals surface area contributed by atoms with E-state index in [2.05, 4.69) is 0 Å². The summed E-state index contributed by atoms with van der Waals surface area (Å²) in [4.78, 5) is 11.8. The van der Waals surface area contributed by atoms with Crippen molar-refractivity contribution in [3.05, 3.63) is 66.0 Å². The molecule has 0 aliphatic heterocycles. The Morgan fingerprint density at radius 2 is 1.74 bits per heavy atom. The van der Waals surface area contributed by atoms with Crippen molar-refractivity contribution in [3.8, 4) is 16.9 Å². The molecule has 3 nitrogen and oxygen atoms in total. The molecule has 0 aliphatic carbocycles. The minimum Gasteiger partial charge on any atom is -0.496 e. The van der Waals surface area contributed by atoms with E-state index < -0.39 is 5.97 Å². The molecule has 3 rings (SSSR count). The van der Waals surface area contributed by atoms with Gasteiger partial charge in [-0.1, -0.05) is 30.3 Å². The summed E-state index contributed by atoms with van der Waals surface area (Å²) in [5.74, 6) is -0.256. The minimum atomic E-state index is -0.456. The standard InChI is InChI=1S/C19H15FO3/c1-22-17-6-4-3-5-14(17)18-15-11-13(19(21)23-2)8-7-12(15)9-10-16(18)20/h3-11H,1-2H3. The van der Waals surface area contributed by atoms with Crippen LogP contribution in [-0.2, 0) is 4.74 Å². The number of benzene rings is 3. The lowest BCUT2D eigenvalue weighted by molar-refractivity contribution is 0.0601. The highest BCUT2D eigenvalue weighted by atomic mass is 19.1. The molecule has 0 atom stereocenters. The molecule has 0 amide bonds. The predicted octanol–water partition coefficient (Wildman–Crippen LogP) is 4.44. The van der Waals surface area contributed by atoms with Crippen molar-refractivity contribution >= 4 is 16.7 Å². The number of fused-ring (bicyclic) bond motifs is 1. The zero-order valence-corrected chi connectivity index (χ0v) is 12.8. The van der Waals surface area contributed by atoms with E-state index in [9.17, 15) is 9.18 Å². The number of carbonyl (C=O) groups is 1. The van der Waals surface area contributed by atoms with Gasteiger partial charge in [0.25, 0.3) is 0 Å². The van der Waals surface area contributed by atoms with Gasteiger partial charge in [0.2, 0.25) is 0 Å². The van der Waals surface area contributed by atoms with E-state index in [1.54, 1.807) is 43.5 Å². The SMILES string of the molecule is COC(=O)c1ccc2ccc(F)c(-c3ccccc3OC)c2c1. The molecule has 3 aromatic rings. The number of rotatable bonds is 3. The fourth-order valence-corrected chi connectivity index (χ4v) is 2.66. The normalized spacial score (nSPS) is 10.6. The summed E-state index contributed by atoms with van der Waals surface area (Å²) in [7, 11) is 2.86. The Bertz CT molecular complexity index is 887. The van der Waals surface area contributed by atoms with Crippen LogP contribution in [0.5, 0.6) is 5.75 Å². The van der Waals surface area contributed by atoms with Gasteiger partial charge in [0.15, 0.2) is 0 Å². The van der Waals surface area contributed by atoms with E-state index in [1.807, 2.05) is 12.1 Å². The van der Waals surface area contributed by atoms with Crippen LogP contribution < -0.4 is 4.74 Å². The highest BCUT2D eigenvalue weighted by Crippen LogP contribution is 2.37. The molecule has 23 heavy (non-hydrogen) atoms. The van der Waals surface area contributed by atoms with E-state index in [0.717, 1.165) is 5.39 Å². The average molecular weight is 310 g/mol.